The van der Waals surface area contributed by atoms with E-state index in [0.717, 1.165) is 0 Å². The number of nitrogens with zero attached hydrogens (tertiary/aromatic N) is 2. The van der Waals surface area contributed by atoms with Crippen molar-refractivity contribution in [2.45, 2.75) is 123 Å². The molecule has 0 spiro atoms. The third-order valence-electron chi connectivity index (χ3n) is 6.14. The molecule has 1 unspecified atom stereocenters. The normalized spacial score (nSPS) is 15.8. The zero-order chi connectivity index (χ0) is 19.7. The van der Waals surface area contributed by atoms with Crippen LogP contribution in [0.3, 0.4) is 0 Å². The molecule has 1 aliphatic heterocycles. The van der Waals surface area contributed by atoms with E-state index in [1.807, 2.05) is 0 Å². The van der Waals surface area contributed by atoms with Crippen molar-refractivity contribution in [3.63, 3.8) is 0 Å². The second-order valence-corrected chi connectivity index (χ2v) is 8.65. The largest absolute Gasteiger partial charge is 0.279 e. The van der Waals surface area contributed by atoms with Gasteiger partial charge in [0.2, 0.25) is 5.84 Å². The van der Waals surface area contributed by atoms with Gasteiger partial charge in [-0.15, -0.1) is 0 Å². The van der Waals surface area contributed by atoms with Crippen LogP contribution in [0.2, 0.25) is 0 Å². The summed E-state index contributed by atoms with van der Waals surface area (Å²) in [5, 5.41) is 3.77. The van der Waals surface area contributed by atoms with Gasteiger partial charge < -0.3 is 0 Å². The summed E-state index contributed by atoms with van der Waals surface area (Å²) in [4.78, 5) is 2.62. The molecular weight excluding hydrogens is 330 g/mol. The first-order chi connectivity index (χ1) is 13.2. The molecule has 0 aliphatic carbocycles. The Morgan fingerprint density at radius 2 is 1.33 bits per heavy atom. The fourth-order valence-electron chi connectivity index (χ4n) is 4.23. The van der Waals surface area contributed by atoms with E-state index in [9.17, 15) is 0 Å². The van der Waals surface area contributed by atoms with Crippen molar-refractivity contribution in [3.8, 4) is 0 Å². The monoisotopic (exact) mass is 380 g/mol. The summed E-state index contributed by atoms with van der Waals surface area (Å²) >= 11 is 0. The predicted octanol–water partition coefficient (Wildman–Crippen LogP) is 6.17. The second kappa shape index (κ2) is 16.4. The summed E-state index contributed by atoms with van der Waals surface area (Å²) in [6, 6.07) is 0. The lowest BCUT2D eigenvalue weighted by molar-refractivity contribution is -0.487. The number of hydrogen-bond donors (Lipinski definition) is 1. The van der Waals surface area contributed by atoms with E-state index >= 15 is 0 Å². The van der Waals surface area contributed by atoms with Gasteiger partial charge in [-0.1, -0.05) is 90.9 Å². The van der Waals surface area contributed by atoms with Crippen LogP contribution in [0.1, 0.15) is 117 Å². The summed E-state index contributed by atoms with van der Waals surface area (Å²) in [6.45, 7) is 10.5. The van der Waals surface area contributed by atoms with Gasteiger partial charge >= 0.3 is 0 Å². The second-order valence-electron chi connectivity index (χ2n) is 8.65. The molecule has 1 rings (SSSR count). The van der Waals surface area contributed by atoms with Gasteiger partial charge in [0.1, 0.15) is 19.3 Å². The van der Waals surface area contributed by atoms with Crippen LogP contribution < -0.4 is 5.32 Å². The van der Waals surface area contributed by atoms with Gasteiger partial charge in [-0.25, -0.2) is 4.90 Å². The molecule has 1 heterocycles. The lowest BCUT2D eigenvalue weighted by Crippen LogP contribution is -2.46. The van der Waals surface area contributed by atoms with Gasteiger partial charge in [-0.05, 0) is 26.3 Å². The van der Waals surface area contributed by atoms with Crippen molar-refractivity contribution in [1.82, 2.24) is 10.2 Å². The predicted molar refractivity (Wildman–Crippen MR) is 121 cm³/mol. The highest BCUT2D eigenvalue weighted by atomic mass is 15.4. The summed E-state index contributed by atoms with van der Waals surface area (Å²) < 4.78 is 2.49. The van der Waals surface area contributed by atoms with Gasteiger partial charge in [0.05, 0.1) is 7.05 Å². The van der Waals surface area contributed by atoms with Crippen LogP contribution in [-0.2, 0) is 0 Å². The summed E-state index contributed by atoms with van der Waals surface area (Å²) in [6.07, 6.45) is 21.3. The molecule has 0 aromatic rings. The van der Waals surface area contributed by atoms with E-state index in [4.69, 9.17) is 0 Å². The highest BCUT2D eigenvalue weighted by Crippen LogP contribution is 2.14. The lowest BCUT2D eigenvalue weighted by Gasteiger charge is -2.22. The highest BCUT2D eigenvalue weighted by molar-refractivity contribution is 5.78. The van der Waals surface area contributed by atoms with E-state index in [0.29, 0.717) is 6.17 Å². The third kappa shape index (κ3) is 11.1. The fourth-order valence-corrected chi connectivity index (χ4v) is 4.23. The molecule has 0 aromatic heterocycles. The van der Waals surface area contributed by atoms with E-state index in [-0.39, 0.29) is 0 Å². The topological polar surface area (TPSA) is 18.3 Å². The first kappa shape index (κ1) is 24.5. The Morgan fingerprint density at radius 1 is 0.815 bits per heavy atom. The van der Waals surface area contributed by atoms with Crippen LogP contribution in [0.15, 0.2) is 0 Å². The van der Waals surface area contributed by atoms with Crippen molar-refractivity contribution in [2.24, 2.45) is 0 Å². The number of rotatable bonds is 18. The smallest absolute Gasteiger partial charge is 0.248 e. The SMILES string of the molecule is CCCCCCCCCCC1=[N+](C)CCN1C(C)NCCCCCCCC. The average Bonchev–Trinajstić information content (AvgIpc) is 3.03. The van der Waals surface area contributed by atoms with E-state index < -0.39 is 0 Å². The van der Waals surface area contributed by atoms with Crippen LogP contribution in [0.4, 0.5) is 0 Å². The lowest BCUT2D eigenvalue weighted by atomic mass is 10.1. The van der Waals surface area contributed by atoms with Gasteiger partial charge in [0.15, 0.2) is 0 Å². The Labute approximate surface area is 171 Å². The Balaban J connectivity index is 2.15. The number of nitrogens with one attached hydrogen (secondary N) is 1. The van der Waals surface area contributed by atoms with Crippen molar-refractivity contribution >= 4 is 5.84 Å². The Morgan fingerprint density at radius 3 is 1.93 bits per heavy atom. The molecule has 0 saturated heterocycles. The zero-order valence-electron chi connectivity index (χ0n) is 19.2. The maximum absolute atomic E-state index is 3.77. The van der Waals surface area contributed by atoms with Crippen molar-refractivity contribution < 1.29 is 4.58 Å². The molecule has 3 nitrogen and oxygen atoms in total. The minimum absolute atomic E-state index is 0.481. The van der Waals surface area contributed by atoms with Gasteiger partial charge in [-0.3, -0.25) is 9.89 Å². The van der Waals surface area contributed by atoms with E-state index in [1.54, 1.807) is 5.84 Å². The van der Waals surface area contributed by atoms with E-state index in [1.165, 1.54) is 116 Å². The minimum Gasteiger partial charge on any atom is -0.279 e. The third-order valence-corrected chi connectivity index (χ3v) is 6.14. The van der Waals surface area contributed by atoms with Crippen LogP contribution in [-0.4, -0.2) is 48.2 Å². The molecule has 1 atom stereocenters. The molecule has 0 aromatic carbocycles. The molecule has 1 N–H and O–H groups in total. The van der Waals surface area contributed by atoms with Crippen LogP contribution in [0, 0.1) is 0 Å². The van der Waals surface area contributed by atoms with Gasteiger partial charge in [0, 0.05) is 6.42 Å². The maximum Gasteiger partial charge on any atom is 0.248 e. The number of unbranched alkanes of at least 4 members (excludes halogenated alkanes) is 12. The molecule has 0 fully saturated rings. The van der Waals surface area contributed by atoms with Gasteiger partial charge in [0.25, 0.3) is 0 Å². The summed E-state index contributed by atoms with van der Waals surface area (Å²) in [5.41, 5.74) is 0. The first-order valence-corrected chi connectivity index (χ1v) is 12.3. The summed E-state index contributed by atoms with van der Waals surface area (Å²) in [5.74, 6) is 1.57. The molecule has 0 amide bonds. The molecular formula is C24H50N3+. The Kier molecular flexibility index (Phi) is 14.9. The zero-order valence-corrected chi connectivity index (χ0v) is 19.2. The number of amidine groups is 1. The summed E-state index contributed by atoms with van der Waals surface area (Å²) in [7, 11) is 2.28. The quantitative estimate of drug-likeness (QED) is 0.226. The highest BCUT2D eigenvalue weighted by Gasteiger charge is 2.31. The molecule has 1 aliphatic rings. The van der Waals surface area contributed by atoms with Crippen LogP contribution >= 0.6 is 0 Å². The van der Waals surface area contributed by atoms with Crippen molar-refractivity contribution in [3.05, 3.63) is 0 Å². The van der Waals surface area contributed by atoms with Gasteiger partial charge in [-0.2, -0.15) is 0 Å². The Bertz CT molecular complexity index is 378. The number of hydrogen-bond acceptors (Lipinski definition) is 2. The van der Waals surface area contributed by atoms with Crippen molar-refractivity contribution in [1.29, 1.82) is 0 Å². The molecule has 0 radical (unpaired) electrons. The average molecular weight is 381 g/mol. The van der Waals surface area contributed by atoms with Crippen LogP contribution in [0.25, 0.3) is 0 Å². The molecule has 3 heteroatoms. The van der Waals surface area contributed by atoms with Crippen LogP contribution in [0.5, 0.6) is 0 Å². The standard InChI is InChI=1S/C24H50N3/c1-5-7-9-11-13-14-15-17-19-24-26(4)21-22-27(24)23(3)25-20-18-16-12-10-8-6-2/h23,25H,5-22H2,1-4H3/q+1. The molecule has 27 heavy (non-hydrogen) atoms. The minimum atomic E-state index is 0.481. The molecule has 0 bridgehead atoms. The molecule has 0 saturated carbocycles. The molecule has 160 valence electrons. The Hall–Kier alpha value is -0.570. The van der Waals surface area contributed by atoms with Crippen molar-refractivity contribution in [2.75, 3.05) is 26.7 Å². The first-order valence-electron chi connectivity index (χ1n) is 12.3. The van der Waals surface area contributed by atoms with E-state index in [2.05, 4.69) is 42.6 Å². The number of likely N-dealkylation sites (N-methyl/N-ethyl adjacent to an activating group) is 1. The maximum atomic E-state index is 3.77. The fraction of sp³-hybridized carbons (Fsp3) is 0.958.